The third-order valence-corrected chi connectivity index (χ3v) is 5.34. The van der Waals surface area contributed by atoms with Gasteiger partial charge in [0.25, 0.3) is 5.69 Å². The number of rotatable bonds is 7. The van der Waals surface area contributed by atoms with Gasteiger partial charge in [-0.15, -0.1) is 0 Å². The van der Waals surface area contributed by atoms with Crippen LogP contribution >= 0.6 is 0 Å². The predicted octanol–water partition coefficient (Wildman–Crippen LogP) is 2.62. The van der Waals surface area contributed by atoms with E-state index in [1.807, 2.05) is 36.1 Å². The lowest BCUT2D eigenvalue weighted by Gasteiger charge is -2.34. The highest BCUT2D eigenvalue weighted by molar-refractivity contribution is 5.90. The Morgan fingerprint density at radius 1 is 1.03 bits per heavy atom. The van der Waals surface area contributed by atoms with Crippen molar-refractivity contribution in [3.63, 3.8) is 0 Å². The summed E-state index contributed by atoms with van der Waals surface area (Å²) in [5, 5.41) is 13.4. The number of aryl methyl sites for hydroxylation is 1. The Bertz CT molecular complexity index is 906. The Morgan fingerprint density at radius 2 is 1.70 bits per heavy atom. The standard InChI is InChI=1S/C22H26N4O4/c1-17-4-2-3-5-18(17)16-22(28)25-14-12-24(13-15-25)11-10-21(27)23-19-6-8-20(9-7-19)26(29)30/h2-9H,10-16H2,1H3,(H,23,27). The van der Waals surface area contributed by atoms with E-state index in [4.69, 9.17) is 0 Å². The quantitative estimate of drug-likeness (QED) is 0.559. The number of hydrogen-bond acceptors (Lipinski definition) is 5. The Morgan fingerprint density at radius 3 is 2.33 bits per heavy atom. The van der Waals surface area contributed by atoms with Crippen LogP contribution in [0.1, 0.15) is 17.5 Å². The van der Waals surface area contributed by atoms with Crippen LogP contribution in [0, 0.1) is 17.0 Å². The van der Waals surface area contributed by atoms with Crippen LogP contribution in [0.5, 0.6) is 0 Å². The number of nitrogens with one attached hydrogen (secondary N) is 1. The molecule has 0 unspecified atom stereocenters. The molecule has 2 amide bonds. The summed E-state index contributed by atoms with van der Waals surface area (Å²) in [6.07, 6.45) is 0.748. The van der Waals surface area contributed by atoms with Crippen molar-refractivity contribution >= 4 is 23.2 Å². The van der Waals surface area contributed by atoms with Gasteiger partial charge in [0.15, 0.2) is 0 Å². The molecule has 0 radical (unpaired) electrons. The van der Waals surface area contributed by atoms with Crippen LogP contribution in [0.25, 0.3) is 0 Å². The molecule has 1 aliphatic rings. The topological polar surface area (TPSA) is 95.8 Å². The largest absolute Gasteiger partial charge is 0.340 e. The lowest BCUT2D eigenvalue weighted by molar-refractivity contribution is -0.384. The number of anilines is 1. The molecule has 1 saturated heterocycles. The molecule has 30 heavy (non-hydrogen) atoms. The van der Waals surface area contributed by atoms with Gasteiger partial charge in [-0.05, 0) is 30.2 Å². The molecule has 8 heteroatoms. The van der Waals surface area contributed by atoms with Crippen molar-refractivity contribution in [2.45, 2.75) is 19.8 Å². The van der Waals surface area contributed by atoms with Crippen LogP contribution in [0.2, 0.25) is 0 Å². The molecule has 1 aliphatic heterocycles. The van der Waals surface area contributed by atoms with Gasteiger partial charge in [0, 0.05) is 57.0 Å². The van der Waals surface area contributed by atoms with E-state index in [-0.39, 0.29) is 17.5 Å². The van der Waals surface area contributed by atoms with Gasteiger partial charge in [0.2, 0.25) is 11.8 Å². The maximum Gasteiger partial charge on any atom is 0.269 e. The average molecular weight is 410 g/mol. The fraction of sp³-hybridized carbons (Fsp3) is 0.364. The van der Waals surface area contributed by atoms with Gasteiger partial charge in [0.05, 0.1) is 11.3 Å². The molecule has 158 valence electrons. The minimum Gasteiger partial charge on any atom is -0.340 e. The molecule has 1 fully saturated rings. The molecule has 1 heterocycles. The van der Waals surface area contributed by atoms with E-state index in [2.05, 4.69) is 10.2 Å². The lowest BCUT2D eigenvalue weighted by Crippen LogP contribution is -2.49. The Balaban J connectivity index is 1.39. The summed E-state index contributed by atoms with van der Waals surface area (Å²) in [5.41, 5.74) is 2.72. The molecule has 1 N–H and O–H groups in total. The second kappa shape index (κ2) is 9.98. The van der Waals surface area contributed by atoms with Crippen LogP contribution in [0.4, 0.5) is 11.4 Å². The normalized spacial score (nSPS) is 14.4. The zero-order valence-corrected chi connectivity index (χ0v) is 17.0. The van der Waals surface area contributed by atoms with Crippen molar-refractivity contribution in [3.8, 4) is 0 Å². The number of non-ortho nitro benzene ring substituents is 1. The van der Waals surface area contributed by atoms with Crippen LogP contribution < -0.4 is 5.32 Å². The van der Waals surface area contributed by atoms with Crippen molar-refractivity contribution in [3.05, 3.63) is 69.8 Å². The second-order valence-corrected chi connectivity index (χ2v) is 7.43. The van der Waals surface area contributed by atoms with Gasteiger partial charge in [-0.25, -0.2) is 0 Å². The third kappa shape index (κ3) is 5.87. The van der Waals surface area contributed by atoms with E-state index in [0.29, 0.717) is 38.2 Å². The number of amides is 2. The fourth-order valence-electron chi connectivity index (χ4n) is 3.45. The van der Waals surface area contributed by atoms with E-state index in [0.717, 1.165) is 24.2 Å². The minimum absolute atomic E-state index is 0.0113. The van der Waals surface area contributed by atoms with Gasteiger partial charge < -0.3 is 10.2 Å². The molecule has 0 saturated carbocycles. The summed E-state index contributed by atoms with van der Waals surface area (Å²) in [6.45, 7) is 5.43. The summed E-state index contributed by atoms with van der Waals surface area (Å²) >= 11 is 0. The molecule has 0 atom stereocenters. The number of nitro groups is 1. The average Bonchev–Trinajstić information content (AvgIpc) is 2.74. The predicted molar refractivity (Wildman–Crippen MR) is 114 cm³/mol. The number of piperazine rings is 1. The molecule has 8 nitrogen and oxygen atoms in total. The van der Waals surface area contributed by atoms with Gasteiger partial charge in [0.1, 0.15) is 0 Å². The molecule has 2 aromatic carbocycles. The Kier molecular flexibility index (Phi) is 7.13. The van der Waals surface area contributed by atoms with E-state index < -0.39 is 4.92 Å². The monoisotopic (exact) mass is 410 g/mol. The van der Waals surface area contributed by atoms with Crippen LogP contribution in [0.3, 0.4) is 0 Å². The summed E-state index contributed by atoms with van der Waals surface area (Å²) in [6, 6.07) is 13.7. The van der Waals surface area contributed by atoms with Crippen LogP contribution in [-0.2, 0) is 16.0 Å². The molecule has 3 rings (SSSR count). The second-order valence-electron chi connectivity index (χ2n) is 7.43. The Hall–Kier alpha value is -3.26. The fourth-order valence-corrected chi connectivity index (χ4v) is 3.45. The first-order valence-electron chi connectivity index (χ1n) is 10.0. The molecule has 0 aromatic heterocycles. The van der Waals surface area contributed by atoms with E-state index in [1.165, 1.54) is 24.3 Å². The summed E-state index contributed by atoms with van der Waals surface area (Å²) in [5.74, 6) is 0.00164. The lowest BCUT2D eigenvalue weighted by atomic mass is 10.1. The smallest absolute Gasteiger partial charge is 0.269 e. The molecule has 0 spiro atoms. The number of hydrogen-bond donors (Lipinski definition) is 1. The van der Waals surface area contributed by atoms with Crippen molar-refractivity contribution in [1.82, 2.24) is 9.80 Å². The number of nitro benzene ring substituents is 1. The van der Waals surface area contributed by atoms with E-state index in [9.17, 15) is 19.7 Å². The zero-order chi connectivity index (χ0) is 21.5. The highest BCUT2D eigenvalue weighted by Crippen LogP contribution is 2.16. The van der Waals surface area contributed by atoms with E-state index >= 15 is 0 Å². The summed E-state index contributed by atoms with van der Waals surface area (Å²) in [4.78, 5) is 39.0. The first-order valence-corrected chi connectivity index (χ1v) is 10.0. The maximum absolute atomic E-state index is 12.6. The highest BCUT2D eigenvalue weighted by Gasteiger charge is 2.21. The number of carbonyl (C=O) groups is 2. The van der Waals surface area contributed by atoms with Crippen LogP contribution in [0.15, 0.2) is 48.5 Å². The van der Waals surface area contributed by atoms with Crippen molar-refractivity contribution in [1.29, 1.82) is 0 Å². The zero-order valence-electron chi connectivity index (χ0n) is 17.0. The molecule has 0 bridgehead atoms. The van der Waals surface area contributed by atoms with Gasteiger partial charge in [-0.2, -0.15) is 0 Å². The van der Waals surface area contributed by atoms with E-state index in [1.54, 1.807) is 0 Å². The first-order chi connectivity index (χ1) is 14.4. The number of benzene rings is 2. The number of carbonyl (C=O) groups excluding carboxylic acids is 2. The molecular weight excluding hydrogens is 384 g/mol. The summed E-state index contributed by atoms with van der Waals surface area (Å²) < 4.78 is 0. The van der Waals surface area contributed by atoms with Gasteiger partial charge in [-0.1, -0.05) is 24.3 Å². The molecule has 2 aromatic rings. The van der Waals surface area contributed by atoms with Crippen molar-refractivity contribution in [2.24, 2.45) is 0 Å². The summed E-state index contributed by atoms with van der Waals surface area (Å²) in [7, 11) is 0. The first kappa shape index (κ1) is 21.4. The SMILES string of the molecule is Cc1ccccc1CC(=O)N1CCN(CCC(=O)Nc2ccc([N+](=O)[O-])cc2)CC1. The van der Waals surface area contributed by atoms with Crippen molar-refractivity contribution in [2.75, 3.05) is 38.0 Å². The van der Waals surface area contributed by atoms with Gasteiger partial charge in [-0.3, -0.25) is 24.6 Å². The molecular formula is C22H26N4O4. The Labute approximate surface area is 175 Å². The third-order valence-electron chi connectivity index (χ3n) is 5.34. The molecule has 0 aliphatic carbocycles. The number of nitrogens with zero attached hydrogens (tertiary/aromatic N) is 3. The highest BCUT2D eigenvalue weighted by atomic mass is 16.6. The maximum atomic E-state index is 12.6. The van der Waals surface area contributed by atoms with Crippen LogP contribution in [-0.4, -0.2) is 59.3 Å². The van der Waals surface area contributed by atoms with Crippen molar-refractivity contribution < 1.29 is 14.5 Å². The van der Waals surface area contributed by atoms with Gasteiger partial charge >= 0.3 is 0 Å². The minimum atomic E-state index is -0.475.